The van der Waals surface area contributed by atoms with Crippen molar-refractivity contribution < 1.29 is 9.59 Å². The van der Waals surface area contributed by atoms with E-state index in [9.17, 15) is 9.59 Å². The number of amides is 2. The molecule has 100 valence electrons. The molecule has 1 aliphatic rings. The summed E-state index contributed by atoms with van der Waals surface area (Å²) in [6.07, 6.45) is 1.52. The molecule has 0 saturated heterocycles. The van der Waals surface area contributed by atoms with Crippen molar-refractivity contribution in [1.82, 2.24) is 4.98 Å². The minimum absolute atomic E-state index is 0.235. The molecule has 5 nitrogen and oxygen atoms in total. The van der Waals surface area contributed by atoms with Crippen LogP contribution in [0.1, 0.15) is 10.4 Å². The highest BCUT2D eigenvalue weighted by Gasteiger charge is 2.32. The number of fused-ring (bicyclic) bond motifs is 2. The second-order valence-corrected chi connectivity index (χ2v) is 4.64. The van der Waals surface area contributed by atoms with Crippen molar-refractivity contribution in [3.05, 3.63) is 48.2 Å². The fourth-order valence-electron chi connectivity index (χ4n) is 2.26. The number of carbonyl (C=O) groups excluding carboxylic acids is 2. The van der Waals surface area contributed by atoms with Crippen LogP contribution in [0.15, 0.2) is 42.6 Å². The summed E-state index contributed by atoms with van der Waals surface area (Å²) in [6.45, 7) is 0. The van der Waals surface area contributed by atoms with E-state index in [1.807, 2.05) is 0 Å². The lowest BCUT2D eigenvalue weighted by Crippen LogP contribution is -2.25. The number of hydrogen-bond acceptors (Lipinski definition) is 3. The van der Waals surface area contributed by atoms with Crippen LogP contribution in [0.2, 0.25) is 0 Å². The second kappa shape index (κ2) is 4.61. The Hall–Kier alpha value is -2.40. The molecule has 20 heavy (non-hydrogen) atoms. The molecule has 2 aromatic rings. The van der Waals surface area contributed by atoms with Gasteiger partial charge in [-0.1, -0.05) is 12.1 Å². The van der Waals surface area contributed by atoms with Crippen molar-refractivity contribution in [1.29, 1.82) is 0 Å². The predicted octanol–water partition coefficient (Wildman–Crippen LogP) is 3.17. The SMILES string of the molecule is CN1C(=O)c2cccnc2N(C(=O)Cl)c2ccccc21. The maximum absolute atomic E-state index is 12.5. The second-order valence-electron chi connectivity index (χ2n) is 4.32. The van der Waals surface area contributed by atoms with E-state index in [0.717, 1.165) is 0 Å². The Kier molecular flexibility index (Phi) is 2.91. The van der Waals surface area contributed by atoms with E-state index in [1.54, 1.807) is 43.4 Å². The van der Waals surface area contributed by atoms with Crippen LogP contribution in [-0.4, -0.2) is 23.3 Å². The maximum atomic E-state index is 12.5. The van der Waals surface area contributed by atoms with Gasteiger partial charge in [-0.05, 0) is 35.9 Å². The molecule has 0 atom stereocenters. The van der Waals surface area contributed by atoms with E-state index in [4.69, 9.17) is 11.6 Å². The number of carbonyl (C=O) groups is 2. The molecule has 0 saturated carbocycles. The predicted molar refractivity (Wildman–Crippen MR) is 76.8 cm³/mol. The first-order valence-corrected chi connectivity index (χ1v) is 6.30. The first-order valence-electron chi connectivity index (χ1n) is 5.93. The van der Waals surface area contributed by atoms with Crippen molar-refractivity contribution in [2.45, 2.75) is 0 Å². The van der Waals surface area contributed by atoms with Gasteiger partial charge in [-0.15, -0.1) is 0 Å². The normalized spacial score (nSPS) is 13.6. The van der Waals surface area contributed by atoms with Crippen molar-refractivity contribution in [2.75, 3.05) is 16.8 Å². The molecule has 0 radical (unpaired) electrons. The Morgan fingerprint density at radius 2 is 1.85 bits per heavy atom. The van der Waals surface area contributed by atoms with Gasteiger partial charge in [0.05, 0.1) is 16.9 Å². The Bertz CT molecular complexity index is 717. The summed E-state index contributed by atoms with van der Waals surface area (Å²) in [4.78, 5) is 31.1. The maximum Gasteiger partial charge on any atom is 0.326 e. The van der Waals surface area contributed by atoms with Crippen LogP contribution in [0.25, 0.3) is 0 Å². The third kappa shape index (κ3) is 1.75. The molecule has 0 unspecified atom stereocenters. The average molecular weight is 288 g/mol. The van der Waals surface area contributed by atoms with E-state index in [0.29, 0.717) is 16.9 Å². The van der Waals surface area contributed by atoms with Crippen LogP contribution in [0, 0.1) is 0 Å². The van der Waals surface area contributed by atoms with Gasteiger partial charge in [-0.3, -0.25) is 9.59 Å². The van der Waals surface area contributed by atoms with E-state index in [2.05, 4.69) is 4.98 Å². The summed E-state index contributed by atoms with van der Waals surface area (Å²) >= 11 is 5.70. The number of pyridine rings is 1. The molecule has 1 aromatic carbocycles. The van der Waals surface area contributed by atoms with Gasteiger partial charge in [0, 0.05) is 13.2 Å². The van der Waals surface area contributed by atoms with Gasteiger partial charge in [-0.25, -0.2) is 9.88 Å². The Labute approximate surface area is 120 Å². The van der Waals surface area contributed by atoms with Crippen molar-refractivity contribution in [2.24, 2.45) is 0 Å². The topological polar surface area (TPSA) is 53.5 Å². The number of para-hydroxylation sites is 2. The van der Waals surface area contributed by atoms with E-state index in [1.165, 1.54) is 16.0 Å². The van der Waals surface area contributed by atoms with Gasteiger partial charge in [0.2, 0.25) is 0 Å². The summed E-state index contributed by atoms with van der Waals surface area (Å²) in [7, 11) is 1.65. The highest BCUT2D eigenvalue weighted by Crippen LogP contribution is 2.39. The van der Waals surface area contributed by atoms with Crippen LogP contribution in [0.4, 0.5) is 22.0 Å². The fourth-order valence-corrected chi connectivity index (χ4v) is 2.43. The molecule has 3 rings (SSSR count). The zero-order valence-electron chi connectivity index (χ0n) is 10.6. The smallest absolute Gasteiger partial charge is 0.309 e. The lowest BCUT2D eigenvalue weighted by Gasteiger charge is -2.21. The van der Waals surface area contributed by atoms with Gasteiger partial charge >= 0.3 is 5.37 Å². The number of hydrogen-bond donors (Lipinski definition) is 0. The minimum Gasteiger partial charge on any atom is -0.309 e. The number of aromatic nitrogens is 1. The summed E-state index contributed by atoms with van der Waals surface area (Å²) in [6, 6.07) is 10.3. The quantitative estimate of drug-likeness (QED) is 0.552. The van der Waals surface area contributed by atoms with Crippen LogP contribution in [0.5, 0.6) is 0 Å². The van der Waals surface area contributed by atoms with Crippen LogP contribution < -0.4 is 9.80 Å². The highest BCUT2D eigenvalue weighted by atomic mass is 35.5. The lowest BCUT2D eigenvalue weighted by atomic mass is 10.2. The summed E-state index contributed by atoms with van der Waals surface area (Å²) in [5.74, 6) is 0.00951. The third-order valence-corrected chi connectivity index (χ3v) is 3.36. The minimum atomic E-state index is -0.708. The number of anilines is 3. The Morgan fingerprint density at radius 1 is 1.15 bits per heavy atom. The van der Waals surface area contributed by atoms with Crippen molar-refractivity contribution >= 4 is 40.1 Å². The molecule has 2 heterocycles. The van der Waals surface area contributed by atoms with E-state index >= 15 is 0 Å². The zero-order chi connectivity index (χ0) is 14.3. The molecular weight excluding hydrogens is 278 g/mol. The van der Waals surface area contributed by atoms with Gasteiger partial charge in [0.25, 0.3) is 5.91 Å². The first kappa shape index (κ1) is 12.6. The van der Waals surface area contributed by atoms with E-state index < -0.39 is 5.37 Å². The van der Waals surface area contributed by atoms with Gasteiger partial charge in [0.1, 0.15) is 0 Å². The number of rotatable bonds is 0. The molecule has 0 spiro atoms. The first-order chi connectivity index (χ1) is 9.61. The summed E-state index contributed by atoms with van der Waals surface area (Å²) in [5.41, 5.74) is 1.46. The van der Waals surface area contributed by atoms with Crippen LogP contribution in [0.3, 0.4) is 0 Å². The van der Waals surface area contributed by atoms with E-state index in [-0.39, 0.29) is 11.7 Å². The fraction of sp³-hybridized carbons (Fsp3) is 0.0714. The standard InChI is InChI=1S/C14H10ClN3O2/c1-17-10-6-2-3-7-11(10)18(14(15)20)12-9(13(17)19)5-4-8-16-12/h2-8H,1H3. The van der Waals surface area contributed by atoms with Gasteiger partial charge < -0.3 is 4.90 Å². The lowest BCUT2D eigenvalue weighted by molar-refractivity contribution is 0.0994. The number of halogens is 1. The number of nitrogens with zero attached hydrogens (tertiary/aromatic N) is 3. The molecule has 0 bridgehead atoms. The number of benzene rings is 1. The molecule has 0 fully saturated rings. The molecular formula is C14H10ClN3O2. The van der Waals surface area contributed by atoms with Crippen molar-refractivity contribution in [3.63, 3.8) is 0 Å². The molecule has 6 heteroatoms. The molecule has 2 amide bonds. The monoisotopic (exact) mass is 287 g/mol. The molecule has 0 aliphatic carbocycles. The molecule has 1 aromatic heterocycles. The van der Waals surface area contributed by atoms with Crippen LogP contribution in [-0.2, 0) is 0 Å². The molecule has 1 aliphatic heterocycles. The highest BCUT2D eigenvalue weighted by molar-refractivity contribution is 6.67. The zero-order valence-corrected chi connectivity index (χ0v) is 11.3. The Morgan fingerprint density at radius 3 is 2.55 bits per heavy atom. The third-order valence-electron chi connectivity index (χ3n) is 3.19. The van der Waals surface area contributed by atoms with Crippen LogP contribution >= 0.6 is 11.6 Å². The Balaban J connectivity index is 2.36. The average Bonchev–Trinajstić information content (AvgIpc) is 2.55. The summed E-state index contributed by atoms with van der Waals surface area (Å²) < 4.78 is 0. The molecule has 0 N–H and O–H groups in total. The van der Waals surface area contributed by atoms with Crippen molar-refractivity contribution in [3.8, 4) is 0 Å². The van der Waals surface area contributed by atoms with Gasteiger partial charge in [-0.2, -0.15) is 0 Å². The summed E-state index contributed by atoms with van der Waals surface area (Å²) in [5, 5.41) is -0.708. The largest absolute Gasteiger partial charge is 0.326 e. The van der Waals surface area contributed by atoms with Gasteiger partial charge in [0.15, 0.2) is 5.82 Å².